The van der Waals surface area contributed by atoms with Crippen molar-refractivity contribution in [1.29, 1.82) is 0 Å². The molecule has 1 saturated heterocycles. The van der Waals surface area contributed by atoms with Crippen molar-refractivity contribution in [3.05, 3.63) is 41.2 Å². The van der Waals surface area contributed by atoms with Gasteiger partial charge in [0.2, 0.25) is 17.7 Å². The van der Waals surface area contributed by atoms with Crippen LogP contribution in [-0.2, 0) is 14.4 Å². The number of hydrogen-bond acceptors (Lipinski definition) is 5. The number of carbonyl (C=O) groups excluding carboxylic acids is 3. The topological polar surface area (TPSA) is 91.4 Å². The van der Waals surface area contributed by atoms with E-state index in [2.05, 4.69) is 15.6 Å². The van der Waals surface area contributed by atoms with Crippen molar-refractivity contribution < 1.29 is 18.8 Å². The molecule has 2 aromatic rings. The summed E-state index contributed by atoms with van der Waals surface area (Å²) in [5, 5.41) is 7.42. The van der Waals surface area contributed by atoms with Crippen molar-refractivity contribution in [2.75, 3.05) is 23.3 Å². The Morgan fingerprint density at radius 1 is 1.35 bits per heavy atom. The van der Waals surface area contributed by atoms with Gasteiger partial charge in [0, 0.05) is 24.0 Å². The zero-order chi connectivity index (χ0) is 18.7. The summed E-state index contributed by atoms with van der Waals surface area (Å²) in [5.74, 6) is -1.90. The molecule has 26 heavy (non-hydrogen) atoms. The molecule has 1 fully saturated rings. The molecule has 1 atom stereocenters. The Bertz CT molecular complexity index is 837. The van der Waals surface area contributed by atoms with E-state index in [0.29, 0.717) is 10.8 Å². The second-order valence-electron chi connectivity index (χ2n) is 5.94. The first kappa shape index (κ1) is 18.0. The minimum atomic E-state index is -0.553. The second kappa shape index (κ2) is 7.61. The number of nitrogens with one attached hydrogen (secondary N) is 2. The van der Waals surface area contributed by atoms with Crippen LogP contribution >= 0.6 is 11.3 Å². The van der Waals surface area contributed by atoms with Gasteiger partial charge in [-0.25, -0.2) is 9.37 Å². The number of thiazole rings is 1. The molecule has 1 aliphatic heterocycles. The molecule has 136 valence electrons. The molecule has 2 N–H and O–H groups in total. The van der Waals surface area contributed by atoms with E-state index in [4.69, 9.17) is 0 Å². The van der Waals surface area contributed by atoms with Crippen molar-refractivity contribution in [3.63, 3.8) is 0 Å². The van der Waals surface area contributed by atoms with Gasteiger partial charge in [0.05, 0.1) is 18.2 Å². The fraction of sp³-hybridized carbons (Fsp3) is 0.294. The number of amides is 3. The molecule has 1 aliphatic rings. The van der Waals surface area contributed by atoms with Gasteiger partial charge in [0.1, 0.15) is 5.82 Å². The quantitative estimate of drug-likeness (QED) is 0.831. The number of aromatic nitrogens is 1. The highest BCUT2D eigenvalue weighted by Gasteiger charge is 2.35. The monoisotopic (exact) mass is 376 g/mol. The van der Waals surface area contributed by atoms with Crippen LogP contribution in [0.4, 0.5) is 15.2 Å². The minimum absolute atomic E-state index is 0.0521. The summed E-state index contributed by atoms with van der Waals surface area (Å²) >= 11 is 1.30. The average Bonchev–Trinajstić information content (AvgIpc) is 3.19. The number of carbonyl (C=O) groups is 3. The lowest BCUT2D eigenvalue weighted by atomic mass is 10.1. The lowest BCUT2D eigenvalue weighted by Crippen LogP contribution is -2.37. The molecule has 9 heteroatoms. The van der Waals surface area contributed by atoms with E-state index in [1.807, 2.05) is 12.3 Å². The van der Waals surface area contributed by atoms with E-state index < -0.39 is 11.7 Å². The Morgan fingerprint density at radius 2 is 2.08 bits per heavy atom. The molecular weight excluding hydrogens is 359 g/mol. The molecule has 3 rings (SSSR count). The van der Waals surface area contributed by atoms with Crippen molar-refractivity contribution in [1.82, 2.24) is 10.3 Å². The molecule has 3 amide bonds. The van der Waals surface area contributed by atoms with Crippen LogP contribution in [0.3, 0.4) is 0 Å². The molecule has 1 aromatic carbocycles. The fourth-order valence-electron chi connectivity index (χ4n) is 2.64. The molecule has 0 bridgehead atoms. The second-order valence-corrected chi connectivity index (χ2v) is 6.80. The van der Waals surface area contributed by atoms with Gasteiger partial charge in [0.15, 0.2) is 5.13 Å². The SMILES string of the molecule is Cc1csc(NC(=O)CNC(=O)[C@@H]2CC(=O)N(c3ccc(F)cc3)C2)n1. The molecule has 0 saturated carbocycles. The van der Waals surface area contributed by atoms with Gasteiger partial charge in [-0.1, -0.05) is 0 Å². The molecule has 0 radical (unpaired) electrons. The number of halogens is 1. The third-order valence-electron chi connectivity index (χ3n) is 3.92. The van der Waals surface area contributed by atoms with Crippen molar-refractivity contribution in [2.24, 2.45) is 5.92 Å². The maximum atomic E-state index is 13.0. The van der Waals surface area contributed by atoms with E-state index in [1.165, 1.54) is 40.5 Å². The summed E-state index contributed by atoms with van der Waals surface area (Å²) in [6, 6.07) is 5.52. The van der Waals surface area contributed by atoms with E-state index in [-0.39, 0.29) is 37.2 Å². The van der Waals surface area contributed by atoms with Gasteiger partial charge in [-0.2, -0.15) is 0 Å². The van der Waals surface area contributed by atoms with Crippen LogP contribution in [0.2, 0.25) is 0 Å². The zero-order valence-corrected chi connectivity index (χ0v) is 14.8. The molecule has 0 unspecified atom stereocenters. The highest BCUT2D eigenvalue weighted by Crippen LogP contribution is 2.25. The van der Waals surface area contributed by atoms with Crippen LogP contribution < -0.4 is 15.5 Å². The molecule has 1 aromatic heterocycles. The standard InChI is InChI=1S/C17H17FN4O3S/c1-10-9-26-17(20-10)21-14(23)7-19-16(25)11-6-15(24)22(8-11)13-4-2-12(18)3-5-13/h2-5,9,11H,6-8H2,1H3,(H,19,25)(H,20,21,23)/t11-/m1/s1. The van der Waals surface area contributed by atoms with Gasteiger partial charge >= 0.3 is 0 Å². The Balaban J connectivity index is 1.51. The first-order valence-corrected chi connectivity index (χ1v) is 8.86. The molecule has 7 nitrogen and oxygen atoms in total. The first-order valence-electron chi connectivity index (χ1n) is 7.98. The van der Waals surface area contributed by atoms with Gasteiger partial charge < -0.3 is 15.5 Å². The Kier molecular flexibility index (Phi) is 5.27. The Labute approximate surface area is 153 Å². The summed E-state index contributed by atoms with van der Waals surface area (Å²) in [5.41, 5.74) is 1.35. The predicted octanol–water partition coefficient (Wildman–Crippen LogP) is 1.70. The summed E-state index contributed by atoms with van der Waals surface area (Å²) in [7, 11) is 0. The van der Waals surface area contributed by atoms with Crippen LogP contribution in [0.15, 0.2) is 29.6 Å². The lowest BCUT2D eigenvalue weighted by Gasteiger charge is -2.16. The molecule has 0 spiro atoms. The molecule has 2 heterocycles. The van der Waals surface area contributed by atoms with E-state index >= 15 is 0 Å². The average molecular weight is 376 g/mol. The maximum Gasteiger partial charge on any atom is 0.245 e. The smallest absolute Gasteiger partial charge is 0.245 e. The minimum Gasteiger partial charge on any atom is -0.347 e. The van der Waals surface area contributed by atoms with Crippen LogP contribution in [0, 0.1) is 18.7 Å². The van der Waals surface area contributed by atoms with Crippen LogP contribution in [0.1, 0.15) is 12.1 Å². The highest BCUT2D eigenvalue weighted by atomic mass is 32.1. The lowest BCUT2D eigenvalue weighted by molar-refractivity contribution is -0.127. The number of rotatable bonds is 5. The van der Waals surface area contributed by atoms with Crippen molar-refractivity contribution >= 4 is 39.9 Å². The Hall–Kier alpha value is -2.81. The number of hydrogen-bond donors (Lipinski definition) is 2. The number of benzene rings is 1. The fourth-order valence-corrected chi connectivity index (χ4v) is 3.34. The van der Waals surface area contributed by atoms with Crippen LogP contribution in [0.25, 0.3) is 0 Å². The Morgan fingerprint density at radius 3 is 2.73 bits per heavy atom. The summed E-state index contributed by atoms with van der Waals surface area (Å²) < 4.78 is 13.0. The van der Waals surface area contributed by atoms with Crippen LogP contribution in [0.5, 0.6) is 0 Å². The summed E-state index contributed by atoms with van der Waals surface area (Å²) in [6.07, 6.45) is 0.0521. The van der Waals surface area contributed by atoms with Gasteiger partial charge in [-0.3, -0.25) is 14.4 Å². The van der Waals surface area contributed by atoms with E-state index in [1.54, 1.807) is 0 Å². The normalized spacial score (nSPS) is 16.6. The number of anilines is 2. The van der Waals surface area contributed by atoms with Gasteiger partial charge in [-0.05, 0) is 31.2 Å². The molecule has 0 aliphatic carbocycles. The third-order valence-corrected chi connectivity index (χ3v) is 4.80. The van der Waals surface area contributed by atoms with Crippen molar-refractivity contribution in [2.45, 2.75) is 13.3 Å². The van der Waals surface area contributed by atoms with Crippen LogP contribution in [-0.4, -0.2) is 35.8 Å². The van der Waals surface area contributed by atoms with Crippen molar-refractivity contribution in [3.8, 4) is 0 Å². The van der Waals surface area contributed by atoms with E-state index in [0.717, 1.165) is 5.69 Å². The van der Waals surface area contributed by atoms with Gasteiger partial charge in [0.25, 0.3) is 0 Å². The summed E-state index contributed by atoms with van der Waals surface area (Å²) in [6.45, 7) is 1.82. The summed E-state index contributed by atoms with van der Waals surface area (Å²) in [4.78, 5) is 41.8. The zero-order valence-electron chi connectivity index (χ0n) is 14.0. The molecular formula is C17H17FN4O3S. The van der Waals surface area contributed by atoms with Gasteiger partial charge in [-0.15, -0.1) is 11.3 Å². The first-order chi connectivity index (χ1) is 12.4. The third kappa shape index (κ3) is 4.23. The predicted molar refractivity (Wildman–Crippen MR) is 95.4 cm³/mol. The highest BCUT2D eigenvalue weighted by molar-refractivity contribution is 7.13. The largest absolute Gasteiger partial charge is 0.347 e. The number of nitrogens with zero attached hydrogens (tertiary/aromatic N) is 2. The number of aryl methyl sites for hydroxylation is 1. The maximum absolute atomic E-state index is 13.0. The van der Waals surface area contributed by atoms with E-state index in [9.17, 15) is 18.8 Å².